The fraction of sp³-hybridized carbons (Fsp3) is 0.263. The fourth-order valence-electron chi connectivity index (χ4n) is 7.05. The van der Waals surface area contributed by atoms with Crippen LogP contribution in [-0.4, -0.2) is 65.8 Å². The molecule has 6 heterocycles. The van der Waals surface area contributed by atoms with Gasteiger partial charge in [0, 0.05) is 72.3 Å². The molecule has 2 aromatic carbocycles. The molecule has 0 atom stereocenters. The van der Waals surface area contributed by atoms with Crippen LogP contribution < -0.4 is 20.4 Å². The second-order valence-corrected chi connectivity index (χ2v) is 14.3. The van der Waals surface area contributed by atoms with E-state index in [1.807, 2.05) is 19.1 Å². The first-order valence-corrected chi connectivity index (χ1v) is 17.6. The predicted octanol–water partition coefficient (Wildman–Crippen LogP) is 6.37. The van der Waals surface area contributed by atoms with Gasteiger partial charge in [-0.1, -0.05) is 0 Å². The normalized spacial score (nSPS) is 16.0. The molecule has 2 fully saturated rings. The van der Waals surface area contributed by atoms with E-state index < -0.39 is 5.82 Å². The second kappa shape index (κ2) is 13.3. The number of aromatic nitrogens is 3. The van der Waals surface area contributed by atoms with Crippen molar-refractivity contribution in [2.45, 2.75) is 26.2 Å². The number of rotatable bonds is 6. The summed E-state index contributed by atoms with van der Waals surface area (Å²) in [6, 6.07) is 18.1. The number of aryl methyl sites for hydroxylation is 1. The highest BCUT2D eigenvalue weighted by atomic mass is 32.1. The van der Waals surface area contributed by atoms with Gasteiger partial charge in [-0.3, -0.25) is 14.4 Å². The molecule has 13 heteroatoms. The Labute approximate surface area is 297 Å². The molecular weight excluding hydrogens is 670 g/mol. The van der Waals surface area contributed by atoms with Gasteiger partial charge in [-0.05, 0) is 104 Å². The monoisotopic (exact) mass is 703 g/mol. The Bertz CT molecular complexity index is 2140. The summed E-state index contributed by atoms with van der Waals surface area (Å²) in [6.07, 6.45) is 5.79. The number of anilines is 4. The number of ether oxygens (including phenoxy) is 1. The summed E-state index contributed by atoms with van der Waals surface area (Å²) in [7, 11) is 0. The van der Waals surface area contributed by atoms with Crippen LogP contribution >= 0.6 is 11.3 Å². The zero-order valence-corrected chi connectivity index (χ0v) is 28.6. The first-order valence-electron chi connectivity index (χ1n) is 16.8. The van der Waals surface area contributed by atoms with Gasteiger partial charge in [0.15, 0.2) is 5.82 Å². The number of amides is 3. The van der Waals surface area contributed by atoms with E-state index in [0.29, 0.717) is 51.0 Å². The van der Waals surface area contributed by atoms with Gasteiger partial charge in [0.25, 0.3) is 17.7 Å². The number of carbonyl (C=O) groups excluding carboxylic acids is 3. The topological polar surface area (TPSA) is 130 Å². The minimum atomic E-state index is -0.476. The Balaban J connectivity index is 0.988. The van der Waals surface area contributed by atoms with Gasteiger partial charge < -0.3 is 25.2 Å². The molecule has 0 unspecified atom stereocenters. The number of nitrogens with zero attached hydrogens (tertiary/aromatic N) is 5. The molecule has 51 heavy (non-hydrogen) atoms. The number of hydrogen-bond donors (Lipinski definition) is 2. The van der Waals surface area contributed by atoms with Crippen molar-refractivity contribution in [1.29, 1.82) is 0 Å². The Morgan fingerprint density at radius 1 is 0.961 bits per heavy atom. The highest BCUT2D eigenvalue weighted by molar-refractivity contribution is 7.17. The third kappa shape index (κ3) is 6.46. The van der Waals surface area contributed by atoms with Crippen LogP contribution in [0, 0.1) is 18.2 Å². The Morgan fingerprint density at radius 3 is 2.53 bits per heavy atom. The zero-order chi connectivity index (χ0) is 35.1. The first kappa shape index (κ1) is 32.7. The van der Waals surface area contributed by atoms with Crippen molar-refractivity contribution in [2.24, 2.45) is 5.41 Å². The molecule has 3 aromatic heterocycles. The fourth-order valence-corrected chi connectivity index (χ4v) is 8.19. The van der Waals surface area contributed by atoms with Crippen LogP contribution in [0.4, 0.5) is 27.4 Å². The van der Waals surface area contributed by atoms with Crippen LogP contribution in [0.25, 0.3) is 10.4 Å². The number of benzene rings is 2. The molecule has 2 saturated heterocycles. The highest BCUT2D eigenvalue weighted by Gasteiger charge is 2.45. The van der Waals surface area contributed by atoms with E-state index in [1.54, 1.807) is 53.6 Å². The van der Waals surface area contributed by atoms with Crippen LogP contribution in [0.5, 0.6) is 0 Å². The van der Waals surface area contributed by atoms with E-state index in [-0.39, 0.29) is 29.7 Å². The Morgan fingerprint density at radius 2 is 1.76 bits per heavy atom. The number of hydrogen-bond acceptors (Lipinski definition) is 9. The van der Waals surface area contributed by atoms with Gasteiger partial charge in [-0.15, -0.1) is 16.4 Å². The molecule has 3 aliphatic rings. The summed E-state index contributed by atoms with van der Waals surface area (Å²) in [5, 5.41) is 13.4. The molecule has 3 aliphatic heterocycles. The van der Waals surface area contributed by atoms with Crippen molar-refractivity contribution in [3.63, 3.8) is 0 Å². The summed E-state index contributed by atoms with van der Waals surface area (Å²) in [4.78, 5) is 50.2. The van der Waals surface area contributed by atoms with E-state index in [2.05, 4.69) is 30.7 Å². The van der Waals surface area contributed by atoms with Crippen molar-refractivity contribution >= 4 is 52.1 Å². The van der Waals surface area contributed by atoms with Crippen molar-refractivity contribution in [2.75, 3.05) is 53.3 Å². The lowest BCUT2D eigenvalue weighted by Gasteiger charge is -2.53. The second-order valence-electron chi connectivity index (χ2n) is 13.3. The van der Waals surface area contributed by atoms with Gasteiger partial charge >= 0.3 is 0 Å². The molecule has 11 nitrogen and oxygen atoms in total. The Hall–Kier alpha value is -5.53. The van der Waals surface area contributed by atoms with Crippen molar-refractivity contribution in [1.82, 2.24) is 15.2 Å². The largest absolute Gasteiger partial charge is 0.381 e. The van der Waals surface area contributed by atoms with Crippen LogP contribution in [-0.2, 0) is 11.2 Å². The highest BCUT2D eigenvalue weighted by Crippen LogP contribution is 2.44. The summed E-state index contributed by atoms with van der Waals surface area (Å²) in [5.74, 6) is -0.377. The van der Waals surface area contributed by atoms with Crippen LogP contribution in [0.3, 0.4) is 0 Å². The summed E-state index contributed by atoms with van der Waals surface area (Å²) >= 11 is 1.28. The molecular formula is C38H34FN7O4S. The number of fused-ring (bicyclic) bond motifs is 3. The number of nitrogens with one attached hydrogen (secondary N) is 2. The number of pyridine rings is 1. The lowest BCUT2D eigenvalue weighted by molar-refractivity contribution is -0.000511. The van der Waals surface area contributed by atoms with E-state index in [4.69, 9.17) is 4.74 Å². The molecule has 5 aromatic rings. The minimum Gasteiger partial charge on any atom is -0.381 e. The van der Waals surface area contributed by atoms with Crippen molar-refractivity contribution in [3.05, 3.63) is 112 Å². The molecule has 0 aliphatic carbocycles. The third-order valence-electron chi connectivity index (χ3n) is 9.74. The number of thiophene rings is 1. The van der Waals surface area contributed by atoms with Gasteiger partial charge in [0.05, 0.1) is 16.1 Å². The maximum absolute atomic E-state index is 14.7. The summed E-state index contributed by atoms with van der Waals surface area (Å²) < 4.78 is 20.2. The predicted molar refractivity (Wildman–Crippen MR) is 193 cm³/mol. The van der Waals surface area contributed by atoms with Crippen LogP contribution in [0.2, 0.25) is 0 Å². The van der Waals surface area contributed by atoms with Crippen LogP contribution in [0.15, 0.2) is 79.1 Å². The average molecular weight is 704 g/mol. The molecule has 8 rings (SSSR count). The molecule has 2 N–H and O–H groups in total. The van der Waals surface area contributed by atoms with E-state index >= 15 is 0 Å². The number of carbonyl (C=O) groups is 3. The van der Waals surface area contributed by atoms with Gasteiger partial charge in [0.1, 0.15) is 11.6 Å². The molecule has 3 amide bonds. The smallest absolute Gasteiger partial charge is 0.266 e. The summed E-state index contributed by atoms with van der Waals surface area (Å²) in [5.41, 5.74) is 4.51. The molecule has 1 spiro atoms. The molecule has 0 saturated carbocycles. The molecule has 258 valence electrons. The van der Waals surface area contributed by atoms with Gasteiger partial charge in [-0.2, -0.15) is 5.10 Å². The molecule has 0 radical (unpaired) electrons. The SMILES string of the molecule is Cc1cnc(N2CC3(CCOCC3)C2)c(C(=O)Nc2ccc(C(=O)N3CCc4cc(C(=O)Nc5cccnn5)sc4-c4ccc(F)cc43)cc2)c1. The lowest BCUT2D eigenvalue weighted by Crippen LogP contribution is -2.59. The Kier molecular flexibility index (Phi) is 8.52. The van der Waals surface area contributed by atoms with Crippen molar-refractivity contribution < 1.29 is 23.5 Å². The van der Waals surface area contributed by atoms with E-state index in [9.17, 15) is 18.8 Å². The third-order valence-corrected chi connectivity index (χ3v) is 10.9. The lowest BCUT2D eigenvalue weighted by atomic mass is 9.73. The van der Waals surface area contributed by atoms with Gasteiger partial charge in [0.2, 0.25) is 0 Å². The van der Waals surface area contributed by atoms with Crippen LogP contribution in [0.1, 0.15) is 54.4 Å². The summed E-state index contributed by atoms with van der Waals surface area (Å²) in [6.45, 7) is 5.42. The maximum Gasteiger partial charge on any atom is 0.266 e. The minimum absolute atomic E-state index is 0.226. The van der Waals surface area contributed by atoms with Crippen molar-refractivity contribution in [3.8, 4) is 10.4 Å². The standard InChI is InChI=1S/C38H34FN7O4S/c1-23-17-29(34(40-20-23)45-21-38(22-45)11-15-50-16-12-38)35(47)42-27-7-4-24(5-8-27)37(49)46-14-10-25-18-31(36(48)43-32-3-2-13-41-44-32)51-33(25)28-9-6-26(39)19-30(28)46/h2-9,13,17-20H,10-12,14-16,21-22H2,1H3,(H,42,47)(H,43,44,48). The zero-order valence-electron chi connectivity index (χ0n) is 27.8. The van der Waals surface area contributed by atoms with E-state index in [0.717, 1.165) is 55.1 Å². The number of halogens is 1. The first-order chi connectivity index (χ1) is 24.7. The van der Waals surface area contributed by atoms with E-state index in [1.165, 1.54) is 29.7 Å². The molecule has 0 bridgehead atoms. The maximum atomic E-state index is 14.7. The quantitative estimate of drug-likeness (QED) is 0.209. The average Bonchev–Trinajstić information content (AvgIpc) is 3.50. The van der Waals surface area contributed by atoms with Gasteiger partial charge in [-0.25, -0.2) is 9.37 Å².